The first-order valence-corrected chi connectivity index (χ1v) is 6.97. The monoisotopic (exact) mass is 259 g/mol. The minimum atomic E-state index is 0.254. The number of hydrogen-bond acceptors (Lipinski definition) is 4. The molecule has 5 nitrogen and oxygen atoms in total. The minimum Gasteiger partial charge on any atom is -0.368 e. The molecular weight excluding hydrogens is 238 g/mol. The first-order chi connectivity index (χ1) is 9.22. The number of fused-ring (bicyclic) bond motifs is 1. The van der Waals surface area contributed by atoms with Gasteiger partial charge in [-0.05, 0) is 37.8 Å². The molecular formula is C14H21N5. The molecule has 0 radical (unpaired) electrons. The van der Waals surface area contributed by atoms with Crippen molar-refractivity contribution in [3.8, 4) is 0 Å². The number of nitrogens with one attached hydrogen (secondary N) is 1. The molecule has 2 aromatic heterocycles. The Labute approximate surface area is 113 Å². The van der Waals surface area contributed by atoms with Gasteiger partial charge in [0.2, 0.25) is 0 Å². The molecule has 0 unspecified atom stereocenters. The highest BCUT2D eigenvalue weighted by Crippen LogP contribution is 2.37. The van der Waals surface area contributed by atoms with Gasteiger partial charge in [-0.25, -0.2) is 9.50 Å². The van der Waals surface area contributed by atoms with Gasteiger partial charge in [-0.15, -0.1) is 0 Å². The van der Waals surface area contributed by atoms with E-state index >= 15 is 0 Å². The predicted molar refractivity (Wildman–Crippen MR) is 76.2 cm³/mol. The summed E-state index contributed by atoms with van der Waals surface area (Å²) in [5.74, 6) is 0.905. The lowest BCUT2D eigenvalue weighted by Crippen LogP contribution is -2.34. The van der Waals surface area contributed by atoms with Gasteiger partial charge in [0, 0.05) is 18.9 Å². The third-order valence-electron chi connectivity index (χ3n) is 4.24. The zero-order chi connectivity index (χ0) is 13.3. The van der Waals surface area contributed by atoms with Crippen LogP contribution in [0.1, 0.15) is 31.4 Å². The Bertz CT molecular complexity index is 568. The Morgan fingerprint density at radius 3 is 2.95 bits per heavy atom. The van der Waals surface area contributed by atoms with Gasteiger partial charge < -0.3 is 11.1 Å². The maximum atomic E-state index is 5.97. The second kappa shape index (κ2) is 4.81. The molecule has 5 heteroatoms. The lowest BCUT2D eigenvalue weighted by atomic mass is 9.86. The minimum absolute atomic E-state index is 0.254. The van der Waals surface area contributed by atoms with E-state index in [9.17, 15) is 0 Å². The summed E-state index contributed by atoms with van der Waals surface area (Å²) < 4.78 is 1.87. The fourth-order valence-corrected chi connectivity index (χ4v) is 3.03. The number of rotatable bonds is 4. The molecule has 0 amide bonds. The Hall–Kier alpha value is -1.62. The number of nitrogens with two attached hydrogens (primary N) is 1. The molecule has 19 heavy (non-hydrogen) atoms. The summed E-state index contributed by atoms with van der Waals surface area (Å²) in [4.78, 5) is 4.43. The van der Waals surface area contributed by atoms with Crippen LogP contribution in [0.15, 0.2) is 18.5 Å². The molecule has 3 N–H and O–H groups in total. The van der Waals surface area contributed by atoms with Crippen molar-refractivity contribution in [2.24, 2.45) is 11.1 Å². The van der Waals surface area contributed by atoms with Crippen molar-refractivity contribution >= 4 is 11.3 Å². The molecule has 0 saturated heterocycles. The molecule has 0 atom stereocenters. The normalized spacial score (nSPS) is 18.0. The maximum absolute atomic E-state index is 5.97. The van der Waals surface area contributed by atoms with E-state index in [0.717, 1.165) is 30.1 Å². The van der Waals surface area contributed by atoms with Crippen LogP contribution in [0, 0.1) is 12.3 Å². The molecule has 0 aliphatic heterocycles. The Balaban J connectivity index is 1.81. The van der Waals surface area contributed by atoms with E-state index in [1.807, 2.05) is 17.6 Å². The molecule has 1 aliphatic carbocycles. The van der Waals surface area contributed by atoms with Crippen molar-refractivity contribution in [3.63, 3.8) is 0 Å². The summed E-state index contributed by atoms with van der Waals surface area (Å²) in [5, 5.41) is 7.89. The van der Waals surface area contributed by atoms with Crippen LogP contribution in [0.25, 0.3) is 5.52 Å². The average molecular weight is 259 g/mol. The van der Waals surface area contributed by atoms with Gasteiger partial charge in [-0.3, -0.25) is 0 Å². The van der Waals surface area contributed by atoms with Crippen LogP contribution in [0.2, 0.25) is 0 Å². The standard InChI is InChI=1S/C14H21N5/c1-11-8-12-13(16-6-7-19(12)18-11)17-10-14(9-15)4-2-3-5-14/h6-8H,2-5,9-10,15H2,1H3,(H,16,17). The first-order valence-electron chi connectivity index (χ1n) is 6.97. The zero-order valence-corrected chi connectivity index (χ0v) is 11.4. The van der Waals surface area contributed by atoms with Gasteiger partial charge in [-0.1, -0.05) is 12.8 Å². The molecule has 0 bridgehead atoms. The van der Waals surface area contributed by atoms with Gasteiger partial charge >= 0.3 is 0 Å². The lowest BCUT2D eigenvalue weighted by molar-refractivity contribution is 0.332. The molecule has 1 aliphatic rings. The summed E-state index contributed by atoms with van der Waals surface area (Å²) in [6, 6.07) is 2.05. The third kappa shape index (κ3) is 2.30. The molecule has 0 aromatic carbocycles. The highest BCUT2D eigenvalue weighted by atomic mass is 15.2. The highest BCUT2D eigenvalue weighted by Gasteiger charge is 2.32. The molecule has 2 heterocycles. The number of hydrogen-bond donors (Lipinski definition) is 2. The SMILES string of the molecule is Cc1cc2c(NCC3(CN)CCCC3)nccn2n1. The number of aromatic nitrogens is 3. The third-order valence-corrected chi connectivity index (χ3v) is 4.24. The topological polar surface area (TPSA) is 68.2 Å². The van der Waals surface area contributed by atoms with Gasteiger partial charge in [0.05, 0.1) is 5.69 Å². The molecule has 0 spiro atoms. The van der Waals surface area contributed by atoms with Crippen LogP contribution in [-0.2, 0) is 0 Å². The fraction of sp³-hybridized carbons (Fsp3) is 0.571. The summed E-state index contributed by atoms with van der Waals surface area (Å²) >= 11 is 0. The Morgan fingerprint density at radius 2 is 2.21 bits per heavy atom. The number of anilines is 1. The molecule has 1 fully saturated rings. The second-order valence-electron chi connectivity index (χ2n) is 5.66. The highest BCUT2D eigenvalue weighted by molar-refractivity contribution is 5.67. The first kappa shape index (κ1) is 12.4. The summed E-state index contributed by atoms with van der Waals surface area (Å²) in [6.07, 6.45) is 8.69. The quantitative estimate of drug-likeness (QED) is 0.881. The zero-order valence-electron chi connectivity index (χ0n) is 11.4. The summed E-state index contributed by atoms with van der Waals surface area (Å²) in [5.41, 5.74) is 8.26. The van der Waals surface area contributed by atoms with E-state index in [1.54, 1.807) is 6.20 Å². The van der Waals surface area contributed by atoms with Gasteiger partial charge in [-0.2, -0.15) is 5.10 Å². The van der Waals surface area contributed by atoms with Crippen LogP contribution < -0.4 is 11.1 Å². The van der Waals surface area contributed by atoms with Gasteiger partial charge in [0.15, 0.2) is 5.82 Å². The summed E-state index contributed by atoms with van der Waals surface area (Å²) in [6.45, 7) is 3.65. The number of nitrogens with zero attached hydrogens (tertiary/aromatic N) is 3. The van der Waals surface area contributed by atoms with E-state index in [1.165, 1.54) is 25.7 Å². The molecule has 1 saturated carbocycles. The lowest BCUT2D eigenvalue weighted by Gasteiger charge is -2.27. The van der Waals surface area contributed by atoms with Gasteiger partial charge in [0.1, 0.15) is 5.52 Å². The Morgan fingerprint density at radius 1 is 1.42 bits per heavy atom. The van der Waals surface area contributed by atoms with E-state index < -0.39 is 0 Å². The number of aryl methyl sites for hydroxylation is 1. The van der Waals surface area contributed by atoms with Crippen LogP contribution >= 0.6 is 0 Å². The molecule has 3 rings (SSSR count). The van der Waals surface area contributed by atoms with Crippen LogP contribution in [0.3, 0.4) is 0 Å². The van der Waals surface area contributed by atoms with E-state index in [0.29, 0.717) is 0 Å². The van der Waals surface area contributed by atoms with Crippen LogP contribution in [0.5, 0.6) is 0 Å². The predicted octanol–water partition coefficient (Wildman–Crippen LogP) is 1.97. The van der Waals surface area contributed by atoms with E-state index in [4.69, 9.17) is 5.73 Å². The fourth-order valence-electron chi connectivity index (χ4n) is 3.03. The van der Waals surface area contributed by atoms with Crippen LogP contribution in [0.4, 0.5) is 5.82 Å². The largest absolute Gasteiger partial charge is 0.368 e. The maximum Gasteiger partial charge on any atom is 0.152 e. The van der Waals surface area contributed by atoms with E-state index in [-0.39, 0.29) is 5.41 Å². The second-order valence-corrected chi connectivity index (χ2v) is 5.66. The van der Waals surface area contributed by atoms with Crippen LogP contribution in [-0.4, -0.2) is 27.7 Å². The Kier molecular flexibility index (Phi) is 3.14. The summed E-state index contributed by atoms with van der Waals surface area (Å²) in [7, 11) is 0. The molecule has 102 valence electrons. The molecule has 2 aromatic rings. The van der Waals surface area contributed by atoms with Crippen molar-refractivity contribution in [2.75, 3.05) is 18.4 Å². The smallest absolute Gasteiger partial charge is 0.152 e. The van der Waals surface area contributed by atoms with E-state index in [2.05, 4.69) is 21.5 Å². The van der Waals surface area contributed by atoms with Gasteiger partial charge in [0.25, 0.3) is 0 Å². The van der Waals surface area contributed by atoms with Crippen molar-refractivity contribution in [2.45, 2.75) is 32.6 Å². The van der Waals surface area contributed by atoms with Crippen molar-refractivity contribution < 1.29 is 0 Å². The van der Waals surface area contributed by atoms with Crippen molar-refractivity contribution in [1.82, 2.24) is 14.6 Å². The van der Waals surface area contributed by atoms with Crippen molar-refractivity contribution in [3.05, 3.63) is 24.2 Å². The van der Waals surface area contributed by atoms with Crippen molar-refractivity contribution in [1.29, 1.82) is 0 Å². The average Bonchev–Trinajstić information content (AvgIpc) is 3.02.